The molecule has 9 nitrogen and oxygen atoms in total. The number of rotatable bonds is 42. The summed E-state index contributed by atoms with van der Waals surface area (Å²) in [6.07, 6.45) is 49.3. The number of nitrogens with zero attached hydrogens (tertiary/aromatic N) is 1. The maximum atomic E-state index is 12.8. The van der Waals surface area contributed by atoms with Crippen LogP contribution in [0.25, 0.3) is 0 Å². The topological polar surface area (TPSA) is 111 Å². The van der Waals surface area contributed by atoms with Crippen LogP contribution in [0.15, 0.2) is 72.9 Å². The number of quaternary nitrogens is 1. The molecular formula is C51H87NO8. The number of aliphatic carboxylic acids is 1. The molecule has 0 rings (SSSR count). The van der Waals surface area contributed by atoms with Crippen LogP contribution in [0, 0.1) is 0 Å². The predicted octanol–water partition coefficient (Wildman–Crippen LogP) is 11.4. The van der Waals surface area contributed by atoms with Crippen molar-refractivity contribution in [2.24, 2.45) is 0 Å². The summed E-state index contributed by atoms with van der Waals surface area (Å²) < 4.78 is 22.5. The predicted molar refractivity (Wildman–Crippen MR) is 246 cm³/mol. The summed E-state index contributed by atoms with van der Waals surface area (Å²) in [5, 5.41) is 11.7. The lowest BCUT2D eigenvalue weighted by Gasteiger charge is -2.26. The number of hydrogen-bond acceptors (Lipinski definition) is 8. The van der Waals surface area contributed by atoms with E-state index >= 15 is 0 Å². The van der Waals surface area contributed by atoms with Crippen LogP contribution in [0.5, 0.6) is 0 Å². The Balaban J connectivity index is 4.51. The minimum absolute atomic E-state index is 0.136. The molecule has 0 fully saturated rings. The van der Waals surface area contributed by atoms with Gasteiger partial charge in [0.15, 0.2) is 12.4 Å². The van der Waals surface area contributed by atoms with E-state index in [9.17, 15) is 19.5 Å². The second-order valence-electron chi connectivity index (χ2n) is 16.7. The van der Waals surface area contributed by atoms with E-state index in [0.29, 0.717) is 17.4 Å². The van der Waals surface area contributed by atoms with Gasteiger partial charge in [0.05, 0.1) is 40.3 Å². The van der Waals surface area contributed by atoms with Crippen molar-refractivity contribution in [1.82, 2.24) is 0 Å². The smallest absolute Gasteiger partial charge is 0.306 e. The van der Waals surface area contributed by atoms with Gasteiger partial charge in [0, 0.05) is 12.8 Å². The van der Waals surface area contributed by atoms with E-state index < -0.39 is 24.3 Å². The number of esters is 2. The molecule has 0 aromatic rings. The van der Waals surface area contributed by atoms with E-state index in [4.69, 9.17) is 18.9 Å². The largest absolute Gasteiger partial charge is 0.545 e. The first kappa shape index (κ1) is 56.7. The fourth-order valence-electron chi connectivity index (χ4n) is 6.03. The van der Waals surface area contributed by atoms with Gasteiger partial charge < -0.3 is 33.3 Å². The minimum Gasteiger partial charge on any atom is -0.545 e. The van der Waals surface area contributed by atoms with Gasteiger partial charge in [-0.25, -0.2) is 0 Å². The molecule has 0 heterocycles. The average molecular weight is 842 g/mol. The van der Waals surface area contributed by atoms with Gasteiger partial charge in [0.25, 0.3) is 0 Å². The van der Waals surface area contributed by atoms with Crippen LogP contribution in [-0.4, -0.2) is 82.3 Å². The molecular weight excluding hydrogens is 755 g/mol. The molecule has 0 saturated carbocycles. The quantitative estimate of drug-likeness (QED) is 0.0196. The first-order chi connectivity index (χ1) is 29.1. The van der Waals surface area contributed by atoms with Crippen LogP contribution >= 0.6 is 0 Å². The second-order valence-corrected chi connectivity index (χ2v) is 16.7. The number of carboxylic acids is 1. The van der Waals surface area contributed by atoms with Crippen molar-refractivity contribution < 1.29 is 42.9 Å². The number of carbonyl (C=O) groups excluding carboxylic acids is 3. The Morgan fingerprint density at radius 2 is 0.950 bits per heavy atom. The van der Waals surface area contributed by atoms with E-state index in [0.717, 1.165) is 89.9 Å². The summed E-state index contributed by atoms with van der Waals surface area (Å²) in [4.78, 5) is 37.0. The number of carboxylic acid groups (broad SMARTS) is 1. The molecule has 2 atom stereocenters. The number of allylic oxidation sites excluding steroid dienone is 12. The van der Waals surface area contributed by atoms with Crippen molar-refractivity contribution in [1.29, 1.82) is 0 Å². The third kappa shape index (κ3) is 42.8. The summed E-state index contributed by atoms with van der Waals surface area (Å²) in [6, 6.07) is 0. The van der Waals surface area contributed by atoms with Crippen molar-refractivity contribution in [2.75, 3.05) is 47.5 Å². The van der Waals surface area contributed by atoms with Crippen molar-refractivity contribution in [2.45, 2.75) is 187 Å². The standard InChI is InChI=1S/C51H87NO8/c1-6-8-10-12-14-16-18-20-22-24-25-26-28-30-32-34-36-38-40-42-49(54)60-47(46-59-51(50(55)56)57-44-43-52(3,4)5)45-58-48(53)41-39-37-35-33-31-29-27-23-21-19-17-15-13-11-9-7-2/h8,10,14,16,20,22-23,25-27,30,32,47,51H,6-7,9,11-13,15,17-19,21,24,28-29,31,33-46H2,1-5H3/b10-8-,16-14-,22-20-,26-25-,27-23-,32-30-. The molecule has 0 saturated heterocycles. The van der Waals surface area contributed by atoms with Gasteiger partial charge in [-0.2, -0.15) is 0 Å². The highest BCUT2D eigenvalue weighted by atomic mass is 16.7. The van der Waals surface area contributed by atoms with Crippen LogP contribution in [-0.2, 0) is 33.3 Å². The first-order valence-corrected chi connectivity index (χ1v) is 23.6. The van der Waals surface area contributed by atoms with E-state index in [1.807, 2.05) is 21.1 Å². The maximum Gasteiger partial charge on any atom is 0.306 e. The molecule has 0 N–H and O–H groups in total. The highest BCUT2D eigenvalue weighted by Crippen LogP contribution is 2.12. The van der Waals surface area contributed by atoms with Crippen molar-refractivity contribution in [3.05, 3.63) is 72.9 Å². The van der Waals surface area contributed by atoms with Crippen molar-refractivity contribution in [3.8, 4) is 0 Å². The SMILES string of the molecule is CC/C=C\C/C=C\C/C=C\C/C=C\C/C=C\CCCCCC(=O)OC(COC(=O)CCCCCCC/C=C\CCCCCCCCC)COC(OCC[N+](C)(C)C)C(=O)[O-]. The zero-order chi connectivity index (χ0) is 44.2. The third-order valence-electron chi connectivity index (χ3n) is 9.69. The number of unbranched alkanes of at least 4 members (excludes halogenated alkanes) is 15. The Bertz CT molecular complexity index is 1210. The van der Waals surface area contributed by atoms with E-state index in [1.165, 1.54) is 51.4 Å². The molecule has 60 heavy (non-hydrogen) atoms. The van der Waals surface area contributed by atoms with Gasteiger partial charge in [-0.15, -0.1) is 0 Å². The molecule has 0 aliphatic heterocycles. The summed E-state index contributed by atoms with van der Waals surface area (Å²) >= 11 is 0. The van der Waals surface area contributed by atoms with Crippen LogP contribution < -0.4 is 5.11 Å². The number of likely N-dealkylation sites (N-methyl/N-ethyl adjacent to an activating group) is 1. The van der Waals surface area contributed by atoms with Crippen LogP contribution in [0.3, 0.4) is 0 Å². The lowest BCUT2D eigenvalue weighted by Crippen LogP contribution is -2.44. The number of ether oxygens (including phenoxy) is 4. The Morgan fingerprint density at radius 1 is 0.517 bits per heavy atom. The van der Waals surface area contributed by atoms with E-state index in [1.54, 1.807) is 0 Å². The number of carbonyl (C=O) groups is 3. The molecule has 0 aliphatic rings. The molecule has 0 spiro atoms. The summed E-state index contributed by atoms with van der Waals surface area (Å²) in [7, 11) is 5.89. The average Bonchev–Trinajstić information content (AvgIpc) is 3.21. The lowest BCUT2D eigenvalue weighted by molar-refractivity contribution is -0.870. The summed E-state index contributed by atoms with van der Waals surface area (Å²) in [5.41, 5.74) is 0. The van der Waals surface area contributed by atoms with Crippen LogP contribution in [0.4, 0.5) is 0 Å². The molecule has 9 heteroatoms. The minimum atomic E-state index is -1.63. The van der Waals surface area contributed by atoms with Crippen molar-refractivity contribution in [3.63, 3.8) is 0 Å². The van der Waals surface area contributed by atoms with Crippen molar-refractivity contribution >= 4 is 17.9 Å². The van der Waals surface area contributed by atoms with Crippen LogP contribution in [0.2, 0.25) is 0 Å². The Labute approximate surface area is 367 Å². The normalized spacial score (nSPS) is 13.6. The summed E-state index contributed by atoms with van der Waals surface area (Å²) in [6.45, 7) is 4.56. The zero-order valence-electron chi connectivity index (χ0n) is 38.8. The molecule has 2 unspecified atom stereocenters. The van der Waals surface area contributed by atoms with Gasteiger partial charge in [0.1, 0.15) is 13.2 Å². The first-order valence-electron chi connectivity index (χ1n) is 23.6. The van der Waals surface area contributed by atoms with Gasteiger partial charge in [-0.05, 0) is 83.5 Å². The fraction of sp³-hybridized carbons (Fsp3) is 0.706. The fourth-order valence-corrected chi connectivity index (χ4v) is 6.03. The maximum absolute atomic E-state index is 12.8. The second kappa shape index (κ2) is 42.4. The van der Waals surface area contributed by atoms with E-state index in [-0.39, 0.29) is 38.6 Å². The van der Waals surface area contributed by atoms with E-state index in [2.05, 4.69) is 86.8 Å². The lowest BCUT2D eigenvalue weighted by atomic mass is 10.1. The van der Waals surface area contributed by atoms with Gasteiger partial charge in [-0.1, -0.05) is 151 Å². The molecule has 0 amide bonds. The van der Waals surface area contributed by atoms with Gasteiger partial charge in [0.2, 0.25) is 0 Å². The molecule has 0 aromatic carbocycles. The Kier molecular flexibility index (Phi) is 40.1. The van der Waals surface area contributed by atoms with Gasteiger partial charge >= 0.3 is 11.9 Å². The summed E-state index contributed by atoms with van der Waals surface area (Å²) in [5.74, 6) is -2.35. The molecule has 0 aromatic heterocycles. The molecule has 0 radical (unpaired) electrons. The van der Waals surface area contributed by atoms with Gasteiger partial charge in [-0.3, -0.25) is 9.59 Å². The highest BCUT2D eigenvalue weighted by molar-refractivity contribution is 5.70. The monoisotopic (exact) mass is 842 g/mol. The Morgan fingerprint density at radius 3 is 1.45 bits per heavy atom. The third-order valence-corrected chi connectivity index (χ3v) is 9.69. The molecule has 0 aliphatic carbocycles. The zero-order valence-corrected chi connectivity index (χ0v) is 38.8. The van der Waals surface area contributed by atoms with Crippen LogP contribution in [0.1, 0.15) is 174 Å². The Hall–Kier alpha value is -3.27. The number of hydrogen-bond donors (Lipinski definition) is 0. The molecule has 344 valence electrons. The molecule has 0 bridgehead atoms. The highest BCUT2D eigenvalue weighted by Gasteiger charge is 2.21.